The molecular weight excluding hydrogens is 276 g/mol. The Kier molecular flexibility index (Phi) is 4.36. The van der Waals surface area contributed by atoms with Crippen molar-refractivity contribution in [2.75, 3.05) is 6.54 Å². The second kappa shape index (κ2) is 6.42. The van der Waals surface area contributed by atoms with Crippen LogP contribution in [0.3, 0.4) is 0 Å². The van der Waals surface area contributed by atoms with Gasteiger partial charge in [-0.2, -0.15) is 5.10 Å². The van der Waals surface area contributed by atoms with Gasteiger partial charge in [0.1, 0.15) is 6.54 Å². The number of benzene rings is 1. The van der Waals surface area contributed by atoms with Crippen LogP contribution in [-0.2, 0) is 4.79 Å². The van der Waals surface area contributed by atoms with E-state index >= 15 is 0 Å². The van der Waals surface area contributed by atoms with E-state index < -0.39 is 0 Å². The molecule has 1 aromatic rings. The third-order valence-electron chi connectivity index (χ3n) is 4.76. The van der Waals surface area contributed by atoms with Crippen molar-refractivity contribution >= 4 is 17.4 Å². The van der Waals surface area contributed by atoms with Crippen LogP contribution in [0.4, 0.5) is 0 Å². The van der Waals surface area contributed by atoms with E-state index in [2.05, 4.69) is 5.10 Å². The molecule has 1 aromatic carbocycles. The standard InChI is InChI=1S/C18H22N2O2/c1-13-17(15-10-6-3-7-11-15)18(22)20(19-13)12-16(21)14-8-4-2-5-9-14/h2,4-5,8-9,15,17H,3,6-7,10-12H2,1H3. The monoisotopic (exact) mass is 298 g/mol. The predicted octanol–water partition coefficient (Wildman–Crippen LogP) is 3.28. The lowest BCUT2D eigenvalue weighted by Crippen LogP contribution is -2.35. The van der Waals surface area contributed by atoms with Gasteiger partial charge in [-0.1, -0.05) is 49.6 Å². The Labute approximate surface area is 131 Å². The number of carbonyl (C=O) groups excluding carboxylic acids is 2. The minimum Gasteiger partial charge on any atom is -0.292 e. The summed E-state index contributed by atoms with van der Waals surface area (Å²) in [4.78, 5) is 24.9. The second-order valence-corrected chi connectivity index (χ2v) is 6.30. The minimum atomic E-state index is -0.108. The lowest BCUT2D eigenvalue weighted by atomic mass is 9.78. The third-order valence-corrected chi connectivity index (χ3v) is 4.76. The van der Waals surface area contributed by atoms with Crippen LogP contribution in [0.15, 0.2) is 35.4 Å². The van der Waals surface area contributed by atoms with Gasteiger partial charge in [0.25, 0.3) is 5.91 Å². The van der Waals surface area contributed by atoms with Crippen molar-refractivity contribution in [3.63, 3.8) is 0 Å². The summed E-state index contributed by atoms with van der Waals surface area (Å²) < 4.78 is 0. The van der Waals surface area contributed by atoms with Crippen LogP contribution in [0.25, 0.3) is 0 Å². The van der Waals surface area contributed by atoms with Crippen LogP contribution >= 0.6 is 0 Å². The molecule has 4 nitrogen and oxygen atoms in total. The largest absolute Gasteiger partial charge is 0.292 e. The average molecular weight is 298 g/mol. The van der Waals surface area contributed by atoms with Crippen molar-refractivity contribution in [1.82, 2.24) is 5.01 Å². The summed E-state index contributed by atoms with van der Waals surface area (Å²) in [5.41, 5.74) is 1.50. The third kappa shape index (κ3) is 2.96. The van der Waals surface area contributed by atoms with Gasteiger partial charge in [0.2, 0.25) is 0 Å². The molecule has 0 bridgehead atoms. The summed E-state index contributed by atoms with van der Waals surface area (Å²) in [5.74, 6) is 0.245. The molecule has 1 fully saturated rings. The van der Waals surface area contributed by atoms with Crippen molar-refractivity contribution in [1.29, 1.82) is 0 Å². The fraction of sp³-hybridized carbons (Fsp3) is 0.500. The zero-order valence-electron chi connectivity index (χ0n) is 13.0. The van der Waals surface area contributed by atoms with Gasteiger partial charge in [-0.3, -0.25) is 9.59 Å². The second-order valence-electron chi connectivity index (χ2n) is 6.30. The summed E-state index contributed by atoms with van der Waals surface area (Å²) in [7, 11) is 0. The van der Waals surface area contributed by atoms with E-state index in [4.69, 9.17) is 0 Å². The van der Waals surface area contributed by atoms with E-state index in [1.54, 1.807) is 12.1 Å². The number of Topliss-reactive ketones (excluding diaryl/α,β-unsaturated/α-hetero) is 1. The van der Waals surface area contributed by atoms with E-state index in [-0.39, 0.29) is 24.2 Å². The smallest absolute Gasteiger partial charge is 0.252 e. The lowest BCUT2D eigenvalue weighted by Gasteiger charge is -2.26. The van der Waals surface area contributed by atoms with Gasteiger partial charge in [0.15, 0.2) is 5.78 Å². The molecule has 2 aliphatic rings. The quantitative estimate of drug-likeness (QED) is 0.801. The summed E-state index contributed by atoms with van der Waals surface area (Å²) in [6.07, 6.45) is 5.87. The highest BCUT2D eigenvalue weighted by atomic mass is 16.2. The van der Waals surface area contributed by atoms with Crippen molar-refractivity contribution in [3.05, 3.63) is 35.9 Å². The Hall–Kier alpha value is -1.97. The number of ketones is 1. The van der Waals surface area contributed by atoms with E-state index in [0.29, 0.717) is 11.5 Å². The van der Waals surface area contributed by atoms with Crippen molar-refractivity contribution in [3.8, 4) is 0 Å². The molecule has 4 heteroatoms. The topological polar surface area (TPSA) is 49.7 Å². The number of hydrogen-bond donors (Lipinski definition) is 0. The Morgan fingerprint density at radius 3 is 2.55 bits per heavy atom. The lowest BCUT2D eigenvalue weighted by molar-refractivity contribution is -0.132. The summed E-state index contributed by atoms with van der Waals surface area (Å²) in [6.45, 7) is 1.97. The van der Waals surface area contributed by atoms with Crippen LogP contribution in [-0.4, -0.2) is 29.0 Å². The molecule has 0 spiro atoms. The SMILES string of the molecule is CC1=NN(CC(=O)c2ccccc2)C(=O)C1C1CCCCC1. The highest BCUT2D eigenvalue weighted by molar-refractivity contribution is 6.09. The molecule has 116 valence electrons. The van der Waals surface area contributed by atoms with Gasteiger partial charge < -0.3 is 0 Å². The first-order valence-corrected chi connectivity index (χ1v) is 8.11. The summed E-state index contributed by atoms with van der Waals surface area (Å²) in [6, 6.07) is 9.09. The molecule has 1 amide bonds. The number of amides is 1. The van der Waals surface area contributed by atoms with Crippen LogP contribution in [0.2, 0.25) is 0 Å². The fourth-order valence-electron chi connectivity index (χ4n) is 3.62. The minimum absolute atomic E-state index is 0.00804. The average Bonchev–Trinajstić information content (AvgIpc) is 2.83. The summed E-state index contributed by atoms with van der Waals surface area (Å²) >= 11 is 0. The van der Waals surface area contributed by atoms with Crippen LogP contribution in [0.5, 0.6) is 0 Å². The molecule has 3 rings (SSSR count). The first kappa shape index (κ1) is 14.9. The first-order chi connectivity index (χ1) is 10.7. The first-order valence-electron chi connectivity index (χ1n) is 8.11. The number of nitrogens with zero attached hydrogens (tertiary/aromatic N) is 2. The predicted molar refractivity (Wildman–Crippen MR) is 85.7 cm³/mol. The van der Waals surface area contributed by atoms with Gasteiger partial charge >= 0.3 is 0 Å². The zero-order valence-corrected chi connectivity index (χ0v) is 13.0. The van der Waals surface area contributed by atoms with E-state index in [9.17, 15) is 9.59 Å². The van der Waals surface area contributed by atoms with Gasteiger partial charge in [-0.05, 0) is 25.7 Å². The van der Waals surface area contributed by atoms with Crippen molar-refractivity contribution < 1.29 is 9.59 Å². The van der Waals surface area contributed by atoms with E-state index in [1.165, 1.54) is 24.3 Å². The maximum atomic E-state index is 12.6. The molecule has 1 aliphatic carbocycles. The van der Waals surface area contributed by atoms with E-state index in [0.717, 1.165) is 18.6 Å². The molecule has 0 saturated heterocycles. The normalized spacial score (nSPS) is 22.8. The molecule has 0 aromatic heterocycles. The zero-order chi connectivity index (χ0) is 15.5. The number of hydrazone groups is 1. The highest BCUT2D eigenvalue weighted by Gasteiger charge is 2.39. The molecule has 0 N–H and O–H groups in total. The van der Waals surface area contributed by atoms with Crippen LogP contribution in [0, 0.1) is 11.8 Å². The maximum absolute atomic E-state index is 12.6. The Morgan fingerprint density at radius 1 is 1.18 bits per heavy atom. The number of rotatable bonds is 4. The van der Waals surface area contributed by atoms with E-state index in [1.807, 2.05) is 25.1 Å². The molecule has 0 radical (unpaired) electrons. The highest BCUT2D eigenvalue weighted by Crippen LogP contribution is 2.34. The molecule has 1 atom stereocenters. The molecule has 1 saturated carbocycles. The van der Waals surface area contributed by atoms with Crippen LogP contribution in [0.1, 0.15) is 49.4 Å². The molecule has 1 unspecified atom stereocenters. The van der Waals surface area contributed by atoms with Gasteiger partial charge in [-0.25, -0.2) is 5.01 Å². The fourth-order valence-corrected chi connectivity index (χ4v) is 3.62. The molecule has 1 heterocycles. The number of hydrogen-bond acceptors (Lipinski definition) is 3. The molecule has 1 aliphatic heterocycles. The maximum Gasteiger partial charge on any atom is 0.252 e. The number of carbonyl (C=O) groups is 2. The Morgan fingerprint density at radius 2 is 1.86 bits per heavy atom. The van der Waals surface area contributed by atoms with Gasteiger partial charge in [0.05, 0.1) is 5.92 Å². The van der Waals surface area contributed by atoms with Crippen molar-refractivity contribution in [2.24, 2.45) is 16.9 Å². The molecule has 22 heavy (non-hydrogen) atoms. The van der Waals surface area contributed by atoms with Gasteiger partial charge in [0, 0.05) is 11.3 Å². The van der Waals surface area contributed by atoms with Gasteiger partial charge in [-0.15, -0.1) is 0 Å². The van der Waals surface area contributed by atoms with Crippen LogP contribution < -0.4 is 0 Å². The molecular formula is C18H22N2O2. The Bertz CT molecular complexity index is 588. The van der Waals surface area contributed by atoms with Crippen molar-refractivity contribution in [2.45, 2.75) is 39.0 Å². The summed E-state index contributed by atoms with van der Waals surface area (Å²) in [5, 5.41) is 5.75. The Balaban J connectivity index is 1.68.